The van der Waals surface area contributed by atoms with Gasteiger partial charge >= 0.3 is 6.09 Å². The van der Waals surface area contributed by atoms with E-state index in [0.717, 1.165) is 6.07 Å². The van der Waals surface area contributed by atoms with Crippen LogP contribution in [0.5, 0.6) is 0 Å². The number of fused-ring (bicyclic) bond motifs is 1. The molecule has 13 heteroatoms. The van der Waals surface area contributed by atoms with E-state index in [2.05, 4.69) is 20.6 Å². The molecule has 256 valence electrons. The van der Waals surface area contributed by atoms with Crippen molar-refractivity contribution < 1.29 is 36.6 Å². The van der Waals surface area contributed by atoms with Gasteiger partial charge in [-0.05, 0) is 51.2 Å². The lowest BCUT2D eigenvalue weighted by Gasteiger charge is -2.33. The van der Waals surface area contributed by atoms with Crippen molar-refractivity contribution in [1.82, 2.24) is 14.9 Å². The van der Waals surface area contributed by atoms with Crippen LogP contribution in [0.1, 0.15) is 83.9 Å². The van der Waals surface area contributed by atoms with Crippen LogP contribution in [0.25, 0.3) is 10.9 Å². The van der Waals surface area contributed by atoms with Crippen LogP contribution in [0.15, 0.2) is 30.3 Å². The first-order valence-corrected chi connectivity index (χ1v) is 15.0. The summed E-state index contributed by atoms with van der Waals surface area (Å²) >= 11 is 0. The zero-order chi connectivity index (χ0) is 33.3. The highest BCUT2D eigenvalue weighted by molar-refractivity contribution is 5.91. The van der Waals surface area contributed by atoms with Crippen LogP contribution in [0.2, 0.25) is 0 Å². The fourth-order valence-electron chi connectivity index (χ4n) is 4.91. The minimum atomic E-state index is -2.96. The van der Waals surface area contributed by atoms with Crippen LogP contribution in [-0.2, 0) is 20.8 Å². The monoisotopic (exact) mass is 653 g/mol. The van der Waals surface area contributed by atoms with Crippen molar-refractivity contribution >= 4 is 28.8 Å². The topological polar surface area (TPSA) is 97.8 Å². The van der Waals surface area contributed by atoms with E-state index in [1.54, 1.807) is 31.7 Å². The van der Waals surface area contributed by atoms with Gasteiger partial charge in [-0.25, -0.2) is 27.3 Å². The number of carbonyl (C=O) groups excluding carboxylic acids is 1. The number of rotatable bonds is 10. The van der Waals surface area contributed by atoms with E-state index in [0.29, 0.717) is 36.9 Å². The number of alkyl halides is 2. The molecule has 2 N–H and O–H groups in total. The molecule has 0 bridgehead atoms. The van der Waals surface area contributed by atoms with Crippen molar-refractivity contribution in [2.75, 3.05) is 44.5 Å². The number of ether oxygens (including phenoxy) is 3. The summed E-state index contributed by atoms with van der Waals surface area (Å²) in [5, 5.41) is 6.48. The van der Waals surface area contributed by atoms with Gasteiger partial charge in [0.25, 0.3) is 6.43 Å². The van der Waals surface area contributed by atoms with Gasteiger partial charge in [-0.15, -0.1) is 0 Å². The highest BCUT2D eigenvalue weighted by Gasteiger charge is 2.29. The Kier molecular flexibility index (Phi) is 14.4. The molecule has 2 aromatic carbocycles. The smallest absolute Gasteiger partial charge is 0.410 e. The third-order valence-corrected chi connectivity index (χ3v) is 7.14. The largest absolute Gasteiger partial charge is 0.444 e. The standard InChI is InChI=1S/C30H37F4N5O4.C2H6.CH4/c1-30(2,3)43-29(40)39-11-9-17(10-12-39)20-13-21-23(14-22(20)31)37-28(36-16-24(41-4)42-5)38-27(21)35-15-18-7-6-8-19(25(18)32)26(33)34;1-2;/h6-8,13-14,17,24,26H,9-12,15-16H2,1-5H3,(H2,35,36,37,38);1-2H3;1H4. The molecular weight excluding hydrogens is 606 g/mol. The Balaban J connectivity index is 0.00000241. The molecule has 2 heterocycles. The molecule has 1 saturated heterocycles. The van der Waals surface area contributed by atoms with Crippen LogP contribution >= 0.6 is 0 Å². The second-order valence-electron chi connectivity index (χ2n) is 11.3. The van der Waals surface area contributed by atoms with Crippen molar-refractivity contribution in [3.8, 4) is 0 Å². The maximum atomic E-state index is 15.5. The summed E-state index contributed by atoms with van der Waals surface area (Å²) in [5.41, 5.74) is -0.571. The summed E-state index contributed by atoms with van der Waals surface area (Å²) in [6.45, 7) is 10.2. The van der Waals surface area contributed by atoms with Gasteiger partial charge in [-0.1, -0.05) is 39.5 Å². The van der Waals surface area contributed by atoms with Crippen LogP contribution < -0.4 is 10.6 Å². The van der Waals surface area contributed by atoms with E-state index in [1.165, 1.54) is 32.4 Å². The van der Waals surface area contributed by atoms with E-state index in [-0.39, 0.29) is 49.3 Å². The van der Waals surface area contributed by atoms with Gasteiger partial charge in [0.1, 0.15) is 23.1 Å². The molecule has 1 amide bonds. The lowest BCUT2D eigenvalue weighted by atomic mass is 9.88. The molecule has 1 aliphatic heterocycles. The number of likely N-dealkylation sites (tertiary alicyclic amines) is 1. The number of amides is 1. The fraction of sp³-hybridized carbons (Fsp3) is 0.545. The number of hydrogen-bond acceptors (Lipinski definition) is 8. The lowest BCUT2D eigenvalue weighted by Crippen LogP contribution is -2.41. The number of nitrogens with one attached hydrogen (secondary N) is 2. The van der Waals surface area contributed by atoms with E-state index in [4.69, 9.17) is 14.2 Å². The van der Waals surface area contributed by atoms with Crippen molar-refractivity contribution in [3.63, 3.8) is 0 Å². The predicted octanol–water partition coefficient (Wildman–Crippen LogP) is 8.27. The molecule has 0 saturated carbocycles. The highest BCUT2D eigenvalue weighted by Crippen LogP contribution is 2.35. The quantitative estimate of drug-likeness (QED) is 0.167. The number of carbonyl (C=O) groups is 1. The Hall–Kier alpha value is -3.71. The van der Waals surface area contributed by atoms with Gasteiger partial charge in [-0.3, -0.25) is 0 Å². The molecule has 3 aromatic rings. The predicted molar refractivity (Wildman–Crippen MR) is 172 cm³/mol. The Morgan fingerprint density at radius 3 is 2.28 bits per heavy atom. The summed E-state index contributed by atoms with van der Waals surface area (Å²) < 4.78 is 72.7. The average molecular weight is 654 g/mol. The number of nitrogens with zero attached hydrogens (tertiary/aromatic N) is 3. The molecular formula is C33H47F4N5O4. The summed E-state index contributed by atoms with van der Waals surface area (Å²) in [6, 6.07) is 6.77. The number of aromatic nitrogens is 2. The van der Waals surface area contributed by atoms with Gasteiger partial charge < -0.3 is 29.7 Å². The first kappa shape index (κ1) is 38.5. The normalized spacial score (nSPS) is 13.7. The van der Waals surface area contributed by atoms with Gasteiger partial charge in [0.2, 0.25) is 5.95 Å². The molecule has 0 spiro atoms. The maximum absolute atomic E-state index is 15.5. The first-order valence-electron chi connectivity index (χ1n) is 15.0. The van der Waals surface area contributed by atoms with Crippen molar-refractivity contribution in [2.24, 2.45) is 0 Å². The van der Waals surface area contributed by atoms with Gasteiger partial charge in [0.05, 0.1) is 17.6 Å². The Bertz CT molecular complexity index is 1430. The van der Waals surface area contributed by atoms with Crippen molar-refractivity contribution in [3.05, 3.63) is 58.7 Å². The zero-order valence-electron chi connectivity index (χ0n) is 26.8. The van der Waals surface area contributed by atoms with Crippen molar-refractivity contribution in [2.45, 2.75) is 85.7 Å². The Morgan fingerprint density at radius 1 is 1.04 bits per heavy atom. The highest BCUT2D eigenvalue weighted by atomic mass is 19.3. The number of methoxy groups -OCH3 is 2. The zero-order valence-corrected chi connectivity index (χ0v) is 26.8. The van der Waals surface area contributed by atoms with Crippen LogP contribution in [0.3, 0.4) is 0 Å². The Morgan fingerprint density at radius 2 is 1.70 bits per heavy atom. The fourth-order valence-corrected chi connectivity index (χ4v) is 4.91. The van der Waals surface area contributed by atoms with Crippen LogP contribution in [0, 0.1) is 11.6 Å². The van der Waals surface area contributed by atoms with Crippen molar-refractivity contribution in [1.29, 1.82) is 0 Å². The molecule has 4 rings (SSSR count). The Labute approximate surface area is 269 Å². The number of piperidine rings is 1. The van der Waals surface area contributed by atoms with Crippen LogP contribution in [-0.4, -0.2) is 66.7 Å². The summed E-state index contributed by atoms with van der Waals surface area (Å²) in [7, 11) is 2.95. The molecule has 1 fully saturated rings. The number of halogens is 4. The second-order valence-corrected chi connectivity index (χ2v) is 11.3. The molecule has 0 aliphatic carbocycles. The molecule has 46 heavy (non-hydrogen) atoms. The SMILES string of the molecule is C.CC.COC(CNc1nc(NCc2cccc(C(F)F)c2F)c2cc(C3CCN(C(=O)OC(C)(C)C)CC3)c(F)cc2n1)OC. The summed E-state index contributed by atoms with van der Waals surface area (Å²) in [4.78, 5) is 23.1. The van der Waals surface area contributed by atoms with E-state index >= 15 is 4.39 Å². The van der Waals surface area contributed by atoms with E-state index in [1.807, 2.05) is 13.8 Å². The maximum Gasteiger partial charge on any atom is 0.410 e. The number of anilines is 2. The van der Waals surface area contributed by atoms with Gasteiger partial charge in [0, 0.05) is 50.9 Å². The van der Waals surface area contributed by atoms with Gasteiger partial charge in [-0.2, -0.15) is 4.98 Å². The van der Waals surface area contributed by atoms with E-state index < -0.39 is 41.6 Å². The van der Waals surface area contributed by atoms with E-state index in [9.17, 15) is 18.0 Å². The first-order chi connectivity index (χ1) is 21.4. The minimum absolute atomic E-state index is 0. The number of hydrogen-bond donors (Lipinski definition) is 2. The second kappa shape index (κ2) is 17.3. The summed E-state index contributed by atoms with van der Waals surface area (Å²) in [6.07, 6.45) is -2.93. The molecule has 0 unspecified atom stereocenters. The molecule has 1 aromatic heterocycles. The number of benzene rings is 2. The average Bonchev–Trinajstić information content (AvgIpc) is 3.00. The third-order valence-electron chi connectivity index (χ3n) is 7.14. The molecule has 0 radical (unpaired) electrons. The third kappa shape index (κ3) is 9.89. The summed E-state index contributed by atoms with van der Waals surface area (Å²) in [5.74, 6) is -1.26. The lowest BCUT2D eigenvalue weighted by molar-refractivity contribution is -0.0914. The minimum Gasteiger partial charge on any atom is -0.444 e. The molecule has 1 aliphatic rings. The van der Waals surface area contributed by atoms with Crippen LogP contribution in [0.4, 0.5) is 34.1 Å². The molecule has 9 nitrogen and oxygen atoms in total. The van der Waals surface area contributed by atoms with Gasteiger partial charge in [0.15, 0.2) is 6.29 Å². The molecule has 0 atom stereocenters.